The van der Waals surface area contributed by atoms with Crippen molar-refractivity contribution in [3.8, 4) is 0 Å². The molecule has 4 nitrogen and oxygen atoms in total. The standard InChI is InChI=1S/C14H17F2NO3/c1-9(4-2-7-14(19)20)17-13(18)8-10-11(15)5-3-6-12(10)16/h3,5-6,9H,2,4,7-8H2,1H3,(H,17,18)(H,19,20). The first-order chi connectivity index (χ1) is 9.40. The molecule has 2 N–H and O–H groups in total. The molecule has 0 spiro atoms. The van der Waals surface area contributed by atoms with E-state index in [1.165, 1.54) is 6.07 Å². The Balaban J connectivity index is 2.45. The van der Waals surface area contributed by atoms with Crippen LogP contribution in [0.25, 0.3) is 0 Å². The van der Waals surface area contributed by atoms with Crippen LogP contribution < -0.4 is 5.32 Å². The first kappa shape index (κ1) is 16.1. The zero-order chi connectivity index (χ0) is 15.1. The van der Waals surface area contributed by atoms with Gasteiger partial charge in [-0.15, -0.1) is 0 Å². The van der Waals surface area contributed by atoms with Gasteiger partial charge in [0.25, 0.3) is 0 Å². The number of amides is 1. The van der Waals surface area contributed by atoms with Crippen molar-refractivity contribution in [2.75, 3.05) is 0 Å². The maximum atomic E-state index is 13.4. The topological polar surface area (TPSA) is 66.4 Å². The third-order valence-corrected chi connectivity index (χ3v) is 2.83. The molecule has 1 aromatic rings. The number of benzene rings is 1. The molecule has 0 aliphatic heterocycles. The molecule has 0 fully saturated rings. The number of rotatable bonds is 7. The predicted octanol–water partition coefficient (Wildman–Crippen LogP) is 2.27. The van der Waals surface area contributed by atoms with E-state index in [1.54, 1.807) is 6.92 Å². The molecule has 110 valence electrons. The summed E-state index contributed by atoms with van der Waals surface area (Å²) < 4.78 is 26.7. The molecule has 1 aromatic carbocycles. The van der Waals surface area contributed by atoms with Crippen molar-refractivity contribution >= 4 is 11.9 Å². The van der Waals surface area contributed by atoms with Crippen molar-refractivity contribution in [1.29, 1.82) is 0 Å². The van der Waals surface area contributed by atoms with Gasteiger partial charge >= 0.3 is 5.97 Å². The Bertz CT molecular complexity index is 471. The van der Waals surface area contributed by atoms with Gasteiger partial charge in [-0.2, -0.15) is 0 Å². The summed E-state index contributed by atoms with van der Waals surface area (Å²) in [4.78, 5) is 22.0. The van der Waals surface area contributed by atoms with Gasteiger partial charge in [0.1, 0.15) is 11.6 Å². The molecule has 0 heterocycles. The van der Waals surface area contributed by atoms with Crippen LogP contribution in [0.4, 0.5) is 8.78 Å². The van der Waals surface area contributed by atoms with Crippen LogP contribution >= 0.6 is 0 Å². The van der Waals surface area contributed by atoms with Crippen LogP contribution in [-0.4, -0.2) is 23.0 Å². The molecule has 0 saturated heterocycles. The highest BCUT2D eigenvalue weighted by atomic mass is 19.1. The molecule has 0 saturated carbocycles. The fraction of sp³-hybridized carbons (Fsp3) is 0.429. The molecule has 1 atom stereocenters. The minimum Gasteiger partial charge on any atom is -0.481 e. The van der Waals surface area contributed by atoms with Crippen molar-refractivity contribution < 1.29 is 23.5 Å². The smallest absolute Gasteiger partial charge is 0.303 e. The second-order valence-electron chi connectivity index (χ2n) is 4.63. The summed E-state index contributed by atoms with van der Waals surface area (Å²) in [6.45, 7) is 1.72. The predicted molar refractivity (Wildman–Crippen MR) is 69.2 cm³/mol. The molecule has 1 rings (SSSR count). The second-order valence-corrected chi connectivity index (χ2v) is 4.63. The number of carbonyl (C=O) groups is 2. The van der Waals surface area contributed by atoms with Crippen LogP contribution in [0.3, 0.4) is 0 Å². The lowest BCUT2D eigenvalue weighted by Gasteiger charge is -2.13. The van der Waals surface area contributed by atoms with E-state index in [2.05, 4.69) is 5.32 Å². The van der Waals surface area contributed by atoms with Crippen molar-refractivity contribution in [3.05, 3.63) is 35.4 Å². The zero-order valence-electron chi connectivity index (χ0n) is 11.2. The largest absolute Gasteiger partial charge is 0.481 e. The number of nitrogens with one attached hydrogen (secondary N) is 1. The number of halogens is 2. The van der Waals surface area contributed by atoms with Crippen molar-refractivity contribution in [1.82, 2.24) is 5.32 Å². The molecule has 0 bridgehead atoms. The first-order valence-corrected chi connectivity index (χ1v) is 6.34. The van der Waals surface area contributed by atoms with E-state index in [0.717, 1.165) is 12.1 Å². The molecule has 1 unspecified atom stereocenters. The number of aliphatic carboxylic acids is 1. The second kappa shape index (κ2) is 7.57. The molecule has 20 heavy (non-hydrogen) atoms. The van der Waals surface area contributed by atoms with Crippen LogP contribution in [0.5, 0.6) is 0 Å². The van der Waals surface area contributed by atoms with E-state index >= 15 is 0 Å². The van der Waals surface area contributed by atoms with E-state index < -0.39 is 23.5 Å². The molecule has 0 radical (unpaired) electrons. The minimum absolute atomic E-state index is 0.0299. The normalized spacial score (nSPS) is 11.9. The monoisotopic (exact) mass is 285 g/mol. The van der Waals surface area contributed by atoms with Crippen molar-refractivity contribution in [2.45, 2.75) is 38.6 Å². The Morgan fingerprint density at radius 2 is 1.90 bits per heavy atom. The van der Waals surface area contributed by atoms with Crippen LogP contribution in [-0.2, 0) is 16.0 Å². The summed E-state index contributed by atoms with van der Waals surface area (Å²) in [6.07, 6.45) is 0.590. The van der Waals surface area contributed by atoms with Crippen LogP contribution in [0, 0.1) is 11.6 Å². The average molecular weight is 285 g/mol. The maximum absolute atomic E-state index is 13.4. The highest BCUT2D eigenvalue weighted by Gasteiger charge is 2.14. The summed E-state index contributed by atoms with van der Waals surface area (Å²) in [5, 5.41) is 11.1. The molecular formula is C14H17F2NO3. The number of hydrogen-bond acceptors (Lipinski definition) is 2. The van der Waals surface area contributed by atoms with E-state index in [-0.39, 0.29) is 24.4 Å². The van der Waals surface area contributed by atoms with E-state index in [9.17, 15) is 18.4 Å². The van der Waals surface area contributed by atoms with E-state index in [1.807, 2.05) is 0 Å². The van der Waals surface area contributed by atoms with Crippen molar-refractivity contribution in [3.63, 3.8) is 0 Å². The Kier molecular flexibility index (Phi) is 6.09. The zero-order valence-corrected chi connectivity index (χ0v) is 11.2. The molecule has 1 amide bonds. The van der Waals surface area contributed by atoms with Gasteiger partial charge in [0.2, 0.25) is 5.91 Å². The van der Waals surface area contributed by atoms with Gasteiger partial charge in [-0.25, -0.2) is 8.78 Å². The van der Waals surface area contributed by atoms with Crippen LogP contribution in [0.1, 0.15) is 31.7 Å². The Morgan fingerprint density at radius 3 is 2.45 bits per heavy atom. The maximum Gasteiger partial charge on any atom is 0.303 e. The summed E-state index contributed by atoms with van der Waals surface area (Å²) >= 11 is 0. The van der Waals surface area contributed by atoms with Crippen molar-refractivity contribution in [2.24, 2.45) is 0 Å². The van der Waals surface area contributed by atoms with Gasteiger partial charge in [0, 0.05) is 18.0 Å². The lowest BCUT2D eigenvalue weighted by atomic mass is 10.1. The fourth-order valence-electron chi connectivity index (χ4n) is 1.82. The van der Waals surface area contributed by atoms with E-state index in [0.29, 0.717) is 12.8 Å². The van der Waals surface area contributed by atoms with Gasteiger partial charge in [-0.3, -0.25) is 9.59 Å². The molecule has 0 aliphatic carbocycles. The number of carboxylic acid groups (broad SMARTS) is 1. The van der Waals surface area contributed by atoms with Gasteiger partial charge in [0.15, 0.2) is 0 Å². The summed E-state index contributed by atoms with van der Waals surface area (Å²) in [7, 11) is 0. The molecule has 0 aliphatic rings. The summed E-state index contributed by atoms with van der Waals surface area (Å²) in [5.74, 6) is -2.88. The lowest BCUT2D eigenvalue weighted by Crippen LogP contribution is -2.34. The number of carboxylic acids is 1. The first-order valence-electron chi connectivity index (χ1n) is 6.34. The highest BCUT2D eigenvalue weighted by molar-refractivity contribution is 5.78. The highest BCUT2D eigenvalue weighted by Crippen LogP contribution is 2.12. The quantitative estimate of drug-likeness (QED) is 0.807. The van der Waals surface area contributed by atoms with Gasteiger partial charge in [-0.05, 0) is 31.9 Å². The molecule has 0 aromatic heterocycles. The average Bonchev–Trinajstić information content (AvgIpc) is 2.33. The van der Waals surface area contributed by atoms with Gasteiger partial charge < -0.3 is 10.4 Å². The number of hydrogen-bond donors (Lipinski definition) is 2. The molecule has 6 heteroatoms. The SMILES string of the molecule is CC(CCCC(=O)O)NC(=O)Cc1c(F)cccc1F. The third kappa shape index (κ3) is 5.34. The van der Waals surface area contributed by atoms with Gasteiger partial charge in [0.05, 0.1) is 6.42 Å². The summed E-state index contributed by atoms with van der Waals surface area (Å²) in [5.41, 5.74) is -0.261. The molecular weight excluding hydrogens is 268 g/mol. The number of carbonyl (C=O) groups excluding carboxylic acids is 1. The van der Waals surface area contributed by atoms with Crippen LogP contribution in [0.2, 0.25) is 0 Å². The Hall–Kier alpha value is -1.98. The lowest BCUT2D eigenvalue weighted by molar-refractivity contribution is -0.137. The van der Waals surface area contributed by atoms with Crippen LogP contribution in [0.15, 0.2) is 18.2 Å². The fourth-order valence-corrected chi connectivity index (χ4v) is 1.82. The Labute approximate surface area is 115 Å². The Morgan fingerprint density at radius 1 is 1.30 bits per heavy atom. The minimum atomic E-state index is -0.892. The summed E-state index contributed by atoms with van der Waals surface area (Å²) in [6, 6.07) is 3.20. The van der Waals surface area contributed by atoms with E-state index in [4.69, 9.17) is 5.11 Å². The van der Waals surface area contributed by atoms with Gasteiger partial charge in [-0.1, -0.05) is 6.07 Å². The third-order valence-electron chi connectivity index (χ3n) is 2.83.